The maximum Gasteiger partial charge on any atom is 0.335 e. The van der Waals surface area contributed by atoms with Gasteiger partial charge < -0.3 is 9.47 Å². The predicted molar refractivity (Wildman–Crippen MR) is 96.1 cm³/mol. The Hall–Kier alpha value is -2.10. The van der Waals surface area contributed by atoms with E-state index in [0.717, 1.165) is 5.56 Å². The molecule has 0 saturated carbocycles. The van der Waals surface area contributed by atoms with Crippen molar-refractivity contribution in [3.63, 3.8) is 0 Å². The van der Waals surface area contributed by atoms with Gasteiger partial charge in [0, 0.05) is 18.3 Å². The highest BCUT2D eigenvalue weighted by Gasteiger charge is 2.56. The number of carbonyl (C=O) groups is 1. The van der Waals surface area contributed by atoms with Crippen molar-refractivity contribution in [1.29, 1.82) is 0 Å². The number of ether oxygens (including phenoxy) is 2. The van der Waals surface area contributed by atoms with Crippen LogP contribution in [0, 0.1) is 5.41 Å². The number of rotatable bonds is 4. The van der Waals surface area contributed by atoms with Gasteiger partial charge in [0.05, 0.1) is 7.11 Å². The Morgan fingerprint density at radius 3 is 2.42 bits per heavy atom. The van der Waals surface area contributed by atoms with E-state index in [1.165, 1.54) is 0 Å². The molecule has 1 aliphatic heterocycles. The van der Waals surface area contributed by atoms with Crippen molar-refractivity contribution in [2.75, 3.05) is 7.11 Å². The smallest absolute Gasteiger partial charge is 0.335 e. The Balaban J connectivity index is 2.54. The van der Waals surface area contributed by atoms with Crippen LogP contribution < -0.4 is 0 Å². The first-order valence-electron chi connectivity index (χ1n) is 8.21. The predicted octanol–water partition coefficient (Wildman–Crippen LogP) is 3.95. The van der Waals surface area contributed by atoms with E-state index in [0.29, 0.717) is 18.7 Å². The largest absolute Gasteiger partial charge is 0.481 e. The molecule has 0 saturated heterocycles. The molecule has 24 heavy (non-hydrogen) atoms. The third kappa shape index (κ3) is 3.10. The number of methoxy groups -OCH3 is 1. The average Bonchev–Trinajstić information content (AvgIpc) is 2.51. The highest BCUT2D eigenvalue weighted by molar-refractivity contribution is 5.97. The summed E-state index contributed by atoms with van der Waals surface area (Å²) in [5.41, 5.74) is -1.25. The van der Waals surface area contributed by atoms with Crippen molar-refractivity contribution < 1.29 is 14.3 Å². The Morgan fingerprint density at radius 1 is 1.29 bits per heavy atom. The van der Waals surface area contributed by atoms with Gasteiger partial charge in [-0.2, -0.15) is 0 Å². The van der Waals surface area contributed by atoms with Crippen LogP contribution in [0.5, 0.6) is 0 Å². The van der Waals surface area contributed by atoms with E-state index in [2.05, 4.69) is 6.58 Å². The molecule has 130 valence electrons. The lowest BCUT2D eigenvalue weighted by molar-refractivity contribution is -0.172. The molecule has 1 aromatic carbocycles. The minimum Gasteiger partial charge on any atom is -0.481 e. The topological polar surface area (TPSA) is 47.9 Å². The quantitative estimate of drug-likeness (QED) is 0.621. The van der Waals surface area contributed by atoms with Crippen LogP contribution in [0.2, 0.25) is 0 Å². The van der Waals surface area contributed by atoms with Crippen molar-refractivity contribution >= 4 is 11.9 Å². The van der Waals surface area contributed by atoms with Gasteiger partial charge in [-0.3, -0.25) is 0 Å². The summed E-state index contributed by atoms with van der Waals surface area (Å²) in [5, 5.41) is 0. The van der Waals surface area contributed by atoms with Gasteiger partial charge >= 0.3 is 5.97 Å². The van der Waals surface area contributed by atoms with Crippen molar-refractivity contribution in [2.45, 2.75) is 51.7 Å². The number of esters is 1. The highest BCUT2D eigenvalue weighted by atomic mass is 16.6. The van der Waals surface area contributed by atoms with Crippen LogP contribution in [0.25, 0.3) is 0 Å². The van der Waals surface area contributed by atoms with Crippen molar-refractivity contribution in [3.8, 4) is 0 Å². The van der Waals surface area contributed by atoms with Gasteiger partial charge in [0.15, 0.2) is 11.1 Å². The first-order valence-corrected chi connectivity index (χ1v) is 8.21. The van der Waals surface area contributed by atoms with E-state index in [4.69, 9.17) is 14.5 Å². The average molecular weight is 329 g/mol. The molecule has 0 aromatic heterocycles. The summed E-state index contributed by atoms with van der Waals surface area (Å²) < 4.78 is 11.5. The molecule has 1 heterocycles. The summed E-state index contributed by atoms with van der Waals surface area (Å²) in [6, 6.07) is 9.81. The van der Waals surface area contributed by atoms with Crippen LogP contribution >= 0.6 is 0 Å². The maximum atomic E-state index is 13.0. The summed E-state index contributed by atoms with van der Waals surface area (Å²) >= 11 is 0. The Morgan fingerprint density at radius 2 is 1.92 bits per heavy atom. The molecule has 0 bridgehead atoms. The van der Waals surface area contributed by atoms with E-state index >= 15 is 0 Å². The standard InChI is InChI=1S/C20H27NO3/c1-7-13-20(14-15-11-9-8-10-12-15)17(22)24-19(5,18(2,3)4)16(21-20)23-6/h7-12H,1,13-14H2,2-6H3/t19-,20+/m1/s1. The zero-order valence-electron chi connectivity index (χ0n) is 15.3. The number of hydrogen-bond acceptors (Lipinski definition) is 4. The number of benzene rings is 1. The molecule has 0 aliphatic carbocycles. The fourth-order valence-corrected chi connectivity index (χ4v) is 2.87. The van der Waals surface area contributed by atoms with Crippen molar-refractivity contribution in [3.05, 3.63) is 48.6 Å². The van der Waals surface area contributed by atoms with E-state index in [1.807, 2.05) is 58.0 Å². The van der Waals surface area contributed by atoms with Crippen LogP contribution in [0.1, 0.15) is 39.7 Å². The van der Waals surface area contributed by atoms with Gasteiger partial charge in [0.2, 0.25) is 5.90 Å². The van der Waals surface area contributed by atoms with Crippen LogP contribution in [0.3, 0.4) is 0 Å². The summed E-state index contributed by atoms with van der Waals surface area (Å²) in [5.74, 6) is 0.122. The SMILES string of the molecule is C=CC[C@@]1(Cc2ccccc2)N=C(OC)[C@](C)(C(C)(C)C)OC1=O. The molecule has 0 fully saturated rings. The zero-order valence-corrected chi connectivity index (χ0v) is 15.3. The van der Waals surface area contributed by atoms with Gasteiger partial charge in [0.1, 0.15) is 0 Å². The van der Waals surface area contributed by atoms with Crippen LogP contribution in [0.4, 0.5) is 0 Å². The lowest BCUT2D eigenvalue weighted by Crippen LogP contribution is -2.60. The van der Waals surface area contributed by atoms with Gasteiger partial charge in [-0.15, -0.1) is 6.58 Å². The maximum absolute atomic E-state index is 13.0. The number of cyclic esters (lactones) is 1. The van der Waals surface area contributed by atoms with E-state index in [-0.39, 0.29) is 11.4 Å². The first-order chi connectivity index (χ1) is 11.2. The molecule has 2 atom stereocenters. The molecule has 0 radical (unpaired) electrons. The molecule has 4 nitrogen and oxygen atoms in total. The Labute approximate surface area is 144 Å². The number of aliphatic imine (C=N–C) groups is 1. The molecule has 1 aliphatic rings. The second-order valence-corrected chi connectivity index (χ2v) is 7.48. The zero-order chi connectivity index (χ0) is 18.0. The second-order valence-electron chi connectivity index (χ2n) is 7.48. The minimum atomic E-state index is -1.03. The normalized spacial score (nSPS) is 27.2. The molecular weight excluding hydrogens is 302 g/mol. The summed E-state index contributed by atoms with van der Waals surface area (Å²) in [4.78, 5) is 17.8. The van der Waals surface area contributed by atoms with E-state index < -0.39 is 11.1 Å². The summed E-state index contributed by atoms with van der Waals surface area (Å²) in [6.07, 6.45) is 2.56. The van der Waals surface area contributed by atoms with Gasteiger partial charge in [-0.1, -0.05) is 57.2 Å². The summed E-state index contributed by atoms with van der Waals surface area (Å²) in [6.45, 7) is 11.7. The van der Waals surface area contributed by atoms with Crippen LogP contribution in [0.15, 0.2) is 48.0 Å². The van der Waals surface area contributed by atoms with Gasteiger partial charge in [0.25, 0.3) is 0 Å². The fraction of sp³-hybridized carbons (Fsp3) is 0.500. The molecule has 1 aromatic rings. The third-order valence-corrected chi connectivity index (χ3v) is 4.85. The fourth-order valence-electron chi connectivity index (χ4n) is 2.87. The minimum absolute atomic E-state index is 0.329. The van der Waals surface area contributed by atoms with Crippen molar-refractivity contribution in [1.82, 2.24) is 0 Å². The lowest BCUT2D eigenvalue weighted by atomic mass is 9.75. The van der Waals surface area contributed by atoms with E-state index in [9.17, 15) is 4.79 Å². The molecule has 0 spiro atoms. The summed E-state index contributed by atoms with van der Waals surface area (Å²) in [7, 11) is 1.57. The molecule has 0 N–H and O–H groups in total. The molecular formula is C20H27NO3. The van der Waals surface area contributed by atoms with E-state index in [1.54, 1.807) is 13.2 Å². The first kappa shape index (κ1) is 18.2. The Bertz CT molecular complexity index is 645. The lowest BCUT2D eigenvalue weighted by Gasteiger charge is -2.46. The second kappa shape index (κ2) is 6.42. The number of hydrogen-bond donors (Lipinski definition) is 0. The number of carbonyl (C=O) groups excluding carboxylic acids is 1. The monoisotopic (exact) mass is 329 g/mol. The van der Waals surface area contributed by atoms with Gasteiger partial charge in [-0.05, 0) is 12.5 Å². The molecule has 0 unspecified atom stereocenters. The molecule has 4 heteroatoms. The van der Waals surface area contributed by atoms with Crippen molar-refractivity contribution in [2.24, 2.45) is 10.4 Å². The third-order valence-electron chi connectivity index (χ3n) is 4.85. The highest BCUT2D eigenvalue weighted by Crippen LogP contribution is 2.42. The van der Waals surface area contributed by atoms with Crippen LogP contribution in [-0.4, -0.2) is 30.1 Å². The van der Waals surface area contributed by atoms with Gasteiger partial charge in [-0.25, -0.2) is 9.79 Å². The van der Waals surface area contributed by atoms with Crippen LogP contribution in [-0.2, 0) is 20.7 Å². The number of nitrogens with zero attached hydrogens (tertiary/aromatic N) is 1. The Kier molecular flexibility index (Phi) is 4.88. The molecule has 0 amide bonds. The molecule has 2 rings (SSSR count).